The van der Waals surface area contributed by atoms with Crippen LogP contribution in [0.3, 0.4) is 0 Å². The molecule has 1 radical (unpaired) electrons. The van der Waals surface area contributed by atoms with Gasteiger partial charge in [-0.25, -0.2) is 0 Å². The molecule has 9 heavy (non-hydrogen) atoms. The van der Waals surface area contributed by atoms with E-state index in [1.54, 1.807) is 0 Å². The van der Waals surface area contributed by atoms with E-state index >= 15 is 0 Å². The van der Waals surface area contributed by atoms with Crippen LogP contribution in [-0.4, -0.2) is 32.9 Å². The maximum Gasteiger partial charge on any atom is 2.00 e. The van der Waals surface area contributed by atoms with Gasteiger partial charge in [-0.1, -0.05) is 0 Å². The van der Waals surface area contributed by atoms with Crippen molar-refractivity contribution in [2.24, 2.45) is 0 Å². The maximum absolute atomic E-state index is 0. The molecular formula is H12Cl2O6Sc. The summed E-state index contributed by atoms with van der Waals surface area (Å²) in [7, 11) is 0. The second-order valence-corrected chi connectivity index (χ2v) is 0. The Morgan fingerprint density at radius 1 is 0.333 bits per heavy atom. The van der Waals surface area contributed by atoms with E-state index in [0.717, 1.165) is 0 Å². The van der Waals surface area contributed by atoms with Gasteiger partial charge in [-0.2, -0.15) is 0 Å². The fourth-order valence-corrected chi connectivity index (χ4v) is 0. The summed E-state index contributed by atoms with van der Waals surface area (Å²) in [5.74, 6) is 0. The Hall–Kier alpha value is 1.21. The molecule has 0 saturated heterocycles. The molecule has 0 bridgehead atoms. The zero-order valence-electron chi connectivity index (χ0n) is 4.33. The van der Waals surface area contributed by atoms with Crippen LogP contribution in [0.25, 0.3) is 0 Å². The van der Waals surface area contributed by atoms with Crippen LogP contribution in [0, 0.1) is 0 Å². The van der Waals surface area contributed by atoms with Crippen molar-refractivity contribution in [3.63, 3.8) is 0 Å². The van der Waals surface area contributed by atoms with Gasteiger partial charge in [0.15, 0.2) is 0 Å². The standard InChI is InChI=1S/2ClH.6H2O.Sc/h2*1H;6*1H2;/q;;;;;;;;+2/p-2. The van der Waals surface area contributed by atoms with E-state index in [1.807, 2.05) is 0 Å². The molecule has 0 spiro atoms. The van der Waals surface area contributed by atoms with E-state index in [9.17, 15) is 0 Å². The predicted molar refractivity (Wildman–Crippen MR) is 21.7 cm³/mol. The van der Waals surface area contributed by atoms with Crippen molar-refractivity contribution >= 4 is 0 Å². The van der Waals surface area contributed by atoms with Crippen molar-refractivity contribution < 1.29 is 83.5 Å². The van der Waals surface area contributed by atoms with Crippen LogP contribution < -0.4 is 24.8 Å². The number of rotatable bonds is 0. The van der Waals surface area contributed by atoms with Gasteiger partial charge in [0.25, 0.3) is 0 Å². The van der Waals surface area contributed by atoms with Gasteiger partial charge in [0.05, 0.1) is 0 Å². The Labute approximate surface area is 83.5 Å². The van der Waals surface area contributed by atoms with Crippen molar-refractivity contribution in [1.29, 1.82) is 0 Å². The molecule has 12 N–H and O–H groups in total. The summed E-state index contributed by atoms with van der Waals surface area (Å²) in [6.07, 6.45) is 0. The normalized spacial score (nSPS) is 0. The van der Waals surface area contributed by atoms with Gasteiger partial charge in [0.1, 0.15) is 0 Å². The SMILES string of the molecule is O.O.O.O.O.O.[Cl-].[Cl-].[Sc+2]. The Balaban J connectivity index is 0. The average molecular weight is 224 g/mol. The van der Waals surface area contributed by atoms with Crippen LogP contribution in [0.1, 0.15) is 0 Å². The molecular weight excluding hydrogens is 212 g/mol. The summed E-state index contributed by atoms with van der Waals surface area (Å²) in [6.45, 7) is 0. The molecule has 0 atom stereocenters. The van der Waals surface area contributed by atoms with E-state index in [4.69, 9.17) is 0 Å². The van der Waals surface area contributed by atoms with Crippen molar-refractivity contribution in [2.75, 3.05) is 0 Å². The van der Waals surface area contributed by atoms with Gasteiger partial charge < -0.3 is 57.7 Å². The fourth-order valence-electron chi connectivity index (χ4n) is 0. The van der Waals surface area contributed by atoms with Crippen LogP contribution in [-0.2, 0) is 25.8 Å². The smallest absolute Gasteiger partial charge is 1.00 e. The minimum atomic E-state index is 0. The first-order valence-electron chi connectivity index (χ1n) is 0. The first-order chi connectivity index (χ1) is 0. The molecule has 0 rings (SSSR count). The predicted octanol–water partition coefficient (Wildman–Crippen LogP) is -10.9. The summed E-state index contributed by atoms with van der Waals surface area (Å²) in [5, 5.41) is 0. The Morgan fingerprint density at radius 2 is 0.333 bits per heavy atom. The Kier molecular flexibility index (Phi) is 27900. The molecule has 6 nitrogen and oxygen atoms in total. The summed E-state index contributed by atoms with van der Waals surface area (Å²) in [4.78, 5) is 0. The van der Waals surface area contributed by atoms with E-state index in [2.05, 4.69) is 0 Å². The van der Waals surface area contributed by atoms with Crippen LogP contribution >= 0.6 is 0 Å². The molecule has 0 aromatic rings. The third-order valence-corrected chi connectivity index (χ3v) is 0. The maximum atomic E-state index is 0. The summed E-state index contributed by atoms with van der Waals surface area (Å²) in [6, 6.07) is 0. The Morgan fingerprint density at radius 3 is 0.333 bits per heavy atom. The fraction of sp³-hybridized carbons (Fsp3) is 0. The van der Waals surface area contributed by atoms with E-state index < -0.39 is 0 Å². The number of halogens is 2. The Bertz CT molecular complexity index is 11.0. The summed E-state index contributed by atoms with van der Waals surface area (Å²) >= 11 is 0. The summed E-state index contributed by atoms with van der Waals surface area (Å²) < 4.78 is 0. The second kappa shape index (κ2) is 424. The van der Waals surface area contributed by atoms with Gasteiger partial charge in [-0.3, -0.25) is 0 Å². The minimum absolute atomic E-state index is 0. The molecule has 0 aromatic heterocycles. The van der Waals surface area contributed by atoms with Crippen LogP contribution in [0.4, 0.5) is 0 Å². The van der Waals surface area contributed by atoms with Crippen molar-refractivity contribution in [3.05, 3.63) is 0 Å². The quantitative estimate of drug-likeness (QED) is 0.377. The molecule has 0 aliphatic heterocycles. The third kappa shape index (κ3) is 327. The summed E-state index contributed by atoms with van der Waals surface area (Å²) in [5.41, 5.74) is 0. The van der Waals surface area contributed by atoms with Crippen molar-refractivity contribution in [3.8, 4) is 0 Å². The van der Waals surface area contributed by atoms with Gasteiger partial charge in [0.2, 0.25) is 0 Å². The van der Waals surface area contributed by atoms with Crippen molar-refractivity contribution in [2.45, 2.75) is 0 Å². The van der Waals surface area contributed by atoms with E-state index in [1.165, 1.54) is 0 Å². The monoisotopic (exact) mass is 223 g/mol. The van der Waals surface area contributed by atoms with E-state index in [0.29, 0.717) is 0 Å². The van der Waals surface area contributed by atoms with Gasteiger partial charge in [-0.15, -0.1) is 0 Å². The second-order valence-electron chi connectivity index (χ2n) is 0. The zero-order chi connectivity index (χ0) is 0. The molecule has 0 heterocycles. The van der Waals surface area contributed by atoms with Crippen LogP contribution in [0.5, 0.6) is 0 Å². The average Bonchev–Trinajstić information content (AvgIpc) is 0. The molecule has 0 fully saturated rings. The topological polar surface area (TPSA) is 189 Å². The van der Waals surface area contributed by atoms with Crippen LogP contribution in [0.2, 0.25) is 0 Å². The van der Waals surface area contributed by atoms with Crippen molar-refractivity contribution in [1.82, 2.24) is 0 Å². The largest absolute Gasteiger partial charge is 2.00 e. The molecule has 9 heteroatoms. The van der Waals surface area contributed by atoms with Gasteiger partial charge >= 0.3 is 25.8 Å². The third-order valence-electron chi connectivity index (χ3n) is 0. The molecule has 0 aromatic carbocycles. The first kappa shape index (κ1) is 591. The first-order valence-corrected chi connectivity index (χ1v) is 0. The van der Waals surface area contributed by atoms with Gasteiger partial charge in [0, 0.05) is 0 Å². The zero-order valence-corrected chi connectivity index (χ0v) is 7.65. The molecule has 0 unspecified atom stereocenters. The van der Waals surface area contributed by atoms with Gasteiger partial charge in [-0.05, 0) is 0 Å². The molecule has 65 valence electrons. The number of hydrogen-bond donors (Lipinski definition) is 0. The molecule has 0 amide bonds. The molecule has 0 saturated carbocycles. The molecule has 0 aliphatic carbocycles. The minimum Gasteiger partial charge on any atom is -1.00 e. The molecule has 0 aliphatic rings. The van der Waals surface area contributed by atoms with E-state index in [-0.39, 0.29) is 83.5 Å². The van der Waals surface area contributed by atoms with Crippen LogP contribution in [0.15, 0.2) is 0 Å². The number of hydrogen-bond acceptors (Lipinski definition) is 0.